The molecule has 7 nitrogen and oxygen atoms in total. The molecule has 2 atom stereocenters. The van der Waals surface area contributed by atoms with Crippen molar-refractivity contribution < 1.29 is 17.9 Å². The summed E-state index contributed by atoms with van der Waals surface area (Å²) < 4.78 is 38.0. The van der Waals surface area contributed by atoms with Crippen LogP contribution in [0.2, 0.25) is 0 Å². The van der Waals surface area contributed by atoms with Crippen LogP contribution in [0.3, 0.4) is 0 Å². The van der Waals surface area contributed by atoms with Crippen molar-refractivity contribution in [3.63, 3.8) is 0 Å². The van der Waals surface area contributed by atoms with Crippen LogP contribution in [0, 0.1) is 0 Å². The Labute approximate surface area is 151 Å². The molecule has 2 aromatic rings. The van der Waals surface area contributed by atoms with Gasteiger partial charge in [0.2, 0.25) is 10.0 Å². The van der Waals surface area contributed by atoms with Crippen molar-refractivity contribution in [2.45, 2.75) is 31.2 Å². The molecule has 25 heavy (non-hydrogen) atoms. The average Bonchev–Trinajstić information content (AvgIpc) is 3.17. The van der Waals surface area contributed by atoms with Gasteiger partial charge in [-0.15, -0.1) is 11.3 Å². The number of hydrogen-bond acceptors (Lipinski definition) is 7. The van der Waals surface area contributed by atoms with E-state index in [1.807, 2.05) is 24.3 Å². The van der Waals surface area contributed by atoms with Gasteiger partial charge in [-0.05, 0) is 38.1 Å². The second kappa shape index (κ2) is 7.28. The molecule has 1 aliphatic heterocycles. The predicted octanol–water partition coefficient (Wildman–Crippen LogP) is 1.87. The summed E-state index contributed by atoms with van der Waals surface area (Å²) in [6, 6.07) is 7.01. The van der Waals surface area contributed by atoms with Gasteiger partial charge >= 0.3 is 0 Å². The van der Waals surface area contributed by atoms with E-state index < -0.39 is 27.4 Å². The first-order chi connectivity index (χ1) is 11.8. The molecule has 0 saturated carbocycles. The van der Waals surface area contributed by atoms with Crippen LogP contribution in [-0.2, 0) is 14.8 Å². The molecule has 2 aromatic heterocycles. The minimum atomic E-state index is -3.38. The molecule has 1 aliphatic rings. The Kier molecular flexibility index (Phi) is 5.28. The molecular formula is C16H21N3O4S2. The van der Waals surface area contributed by atoms with Gasteiger partial charge in [0.1, 0.15) is 11.9 Å². The smallest absolute Gasteiger partial charge is 0.214 e. The third-order valence-corrected chi connectivity index (χ3v) is 6.68. The Balaban J connectivity index is 1.67. The summed E-state index contributed by atoms with van der Waals surface area (Å²) in [6.45, 7) is 3.88. The number of nitrogens with two attached hydrogens (primary N) is 1. The number of hydrogen-bond donors (Lipinski definition) is 2. The highest BCUT2D eigenvalue weighted by Crippen LogP contribution is 2.29. The highest BCUT2D eigenvalue weighted by Gasteiger charge is 2.34. The van der Waals surface area contributed by atoms with Crippen LogP contribution in [0.1, 0.15) is 13.8 Å². The highest BCUT2D eigenvalue weighted by molar-refractivity contribution is 7.90. The summed E-state index contributed by atoms with van der Waals surface area (Å²) in [7, 11) is -3.38. The standard InChI is InChI=1S/C16H21N3O4S2/c1-10(2)25(20,21)19-13-8-22-9-14(13)23-11-3-4-12(18-7-11)15-5-6-16(17)24-15/h3-7,10,13-14,19H,8-9,17H2,1-2H3/t13-,14+/m0/s1. The van der Waals surface area contributed by atoms with Gasteiger partial charge in [0.15, 0.2) is 0 Å². The molecule has 3 heterocycles. The van der Waals surface area contributed by atoms with Gasteiger partial charge in [0, 0.05) is 0 Å². The van der Waals surface area contributed by atoms with Crippen LogP contribution in [0.25, 0.3) is 10.6 Å². The van der Waals surface area contributed by atoms with E-state index in [-0.39, 0.29) is 6.61 Å². The SMILES string of the molecule is CC(C)S(=O)(=O)N[C@H]1COC[C@H]1Oc1ccc(-c2ccc(N)s2)nc1. The van der Waals surface area contributed by atoms with E-state index in [0.717, 1.165) is 15.6 Å². The van der Waals surface area contributed by atoms with E-state index >= 15 is 0 Å². The maximum Gasteiger partial charge on any atom is 0.214 e. The van der Waals surface area contributed by atoms with Crippen molar-refractivity contribution in [3.05, 3.63) is 30.5 Å². The summed E-state index contributed by atoms with van der Waals surface area (Å²) in [5.74, 6) is 0.567. The molecule has 136 valence electrons. The Morgan fingerprint density at radius 1 is 1.32 bits per heavy atom. The lowest BCUT2D eigenvalue weighted by Crippen LogP contribution is -2.47. The number of anilines is 1. The average molecular weight is 383 g/mol. The lowest BCUT2D eigenvalue weighted by molar-refractivity contribution is 0.139. The van der Waals surface area contributed by atoms with Crippen molar-refractivity contribution in [2.24, 2.45) is 0 Å². The first kappa shape index (κ1) is 18.1. The van der Waals surface area contributed by atoms with Gasteiger partial charge in [0.05, 0.1) is 46.3 Å². The van der Waals surface area contributed by atoms with Gasteiger partial charge in [-0.1, -0.05) is 0 Å². The van der Waals surface area contributed by atoms with Crippen molar-refractivity contribution in [1.29, 1.82) is 0 Å². The third kappa shape index (κ3) is 4.30. The fraction of sp³-hybridized carbons (Fsp3) is 0.438. The van der Waals surface area contributed by atoms with Crippen LogP contribution in [0.15, 0.2) is 30.5 Å². The van der Waals surface area contributed by atoms with Gasteiger partial charge in [0.25, 0.3) is 0 Å². The summed E-state index contributed by atoms with van der Waals surface area (Å²) in [6.07, 6.45) is 1.23. The molecule has 1 fully saturated rings. The van der Waals surface area contributed by atoms with Crippen LogP contribution >= 0.6 is 11.3 Å². The number of nitrogens with zero attached hydrogens (tertiary/aromatic N) is 1. The maximum absolute atomic E-state index is 12.0. The number of nitrogens with one attached hydrogen (secondary N) is 1. The van der Waals surface area contributed by atoms with Crippen LogP contribution in [0.5, 0.6) is 5.75 Å². The molecule has 0 spiro atoms. The molecule has 0 unspecified atom stereocenters. The van der Waals surface area contributed by atoms with E-state index in [9.17, 15) is 8.42 Å². The van der Waals surface area contributed by atoms with Gasteiger partial charge in [-0.25, -0.2) is 13.1 Å². The first-order valence-corrected chi connectivity index (χ1v) is 10.3. The number of sulfonamides is 1. The van der Waals surface area contributed by atoms with Crippen molar-refractivity contribution >= 4 is 26.4 Å². The fourth-order valence-electron chi connectivity index (χ4n) is 2.37. The van der Waals surface area contributed by atoms with Crippen LogP contribution in [-0.4, -0.2) is 44.0 Å². The van der Waals surface area contributed by atoms with E-state index in [1.54, 1.807) is 20.0 Å². The Bertz CT molecular complexity index is 818. The minimum absolute atomic E-state index is 0.288. The molecule has 0 radical (unpaired) electrons. The van der Waals surface area contributed by atoms with Crippen LogP contribution in [0.4, 0.5) is 5.00 Å². The summed E-state index contributed by atoms with van der Waals surface area (Å²) >= 11 is 1.47. The zero-order chi connectivity index (χ0) is 18.0. The molecular weight excluding hydrogens is 362 g/mol. The lowest BCUT2D eigenvalue weighted by Gasteiger charge is -2.21. The summed E-state index contributed by atoms with van der Waals surface area (Å²) in [5.41, 5.74) is 6.55. The zero-order valence-corrected chi connectivity index (χ0v) is 15.6. The lowest BCUT2D eigenvalue weighted by atomic mass is 10.2. The molecule has 3 rings (SSSR count). The van der Waals surface area contributed by atoms with Crippen molar-refractivity contribution in [2.75, 3.05) is 18.9 Å². The number of pyridine rings is 1. The Hall–Kier alpha value is -1.68. The molecule has 9 heteroatoms. The topological polar surface area (TPSA) is 104 Å². The summed E-state index contributed by atoms with van der Waals surface area (Å²) in [4.78, 5) is 5.36. The minimum Gasteiger partial charge on any atom is -0.485 e. The van der Waals surface area contributed by atoms with Crippen molar-refractivity contribution in [3.8, 4) is 16.3 Å². The number of aromatic nitrogens is 1. The summed E-state index contributed by atoms with van der Waals surface area (Å²) in [5, 5.41) is 0.230. The molecule has 0 bridgehead atoms. The first-order valence-electron chi connectivity index (χ1n) is 7.92. The molecule has 1 saturated heterocycles. The Morgan fingerprint density at radius 2 is 2.12 bits per heavy atom. The second-order valence-electron chi connectivity index (χ2n) is 6.09. The van der Waals surface area contributed by atoms with E-state index in [1.165, 1.54) is 11.3 Å². The normalized spacial score (nSPS) is 20.9. The Morgan fingerprint density at radius 3 is 2.72 bits per heavy atom. The zero-order valence-electron chi connectivity index (χ0n) is 14.0. The number of rotatable bonds is 6. The van der Waals surface area contributed by atoms with Gasteiger partial charge < -0.3 is 15.2 Å². The molecule has 0 amide bonds. The number of thiophene rings is 1. The van der Waals surface area contributed by atoms with Crippen LogP contribution < -0.4 is 15.2 Å². The maximum atomic E-state index is 12.0. The quantitative estimate of drug-likeness (QED) is 0.789. The number of ether oxygens (including phenoxy) is 2. The number of nitrogen functional groups attached to an aromatic ring is 1. The third-order valence-electron chi connectivity index (χ3n) is 3.87. The molecule has 3 N–H and O–H groups in total. The van der Waals surface area contributed by atoms with Gasteiger partial charge in [-0.3, -0.25) is 4.98 Å². The van der Waals surface area contributed by atoms with Crippen molar-refractivity contribution in [1.82, 2.24) is 9.71 Å². The highest BCUT2D eigenvalue weighted by atomic mass is 32.2. The molecule has 0 aromatic carbocycles. The predicted molar refractivity (Wildman–Crippen MR) is 98.2 cm³/mol. The van der Waals surface area contributed by atoms with Gasteiger partial charge in [-0.2, -0.15) is 0 Å². The van der Waals surface area contributed by atoms with E-state index in [0.29, 0.717) is 12.4 Å². The molecule has 0 aliphatic carbocycles. The largest absolute Gasteiger partial charge is 0.485 e. The second-order valence-corrected chi connectivity index (χ2v) is 9.48. The van der Waals surface area contributed by atoms with E-state index in [2.05, 4.69) is 9.71 Å². The fourth-order valence-corrected chi connectivity index (χ4v) is 4.03. The monoisotopic (exact) mass is 383 g/mol. The van der Waals surface area contributed by atoms with E-state index in [4.69, 9.17) is 15.2 Å².